The molecule has 0 aromatic heterocycles. The normalized spacial score (nSPS) is 4.46. The molecule has 0 rings (SSSR count). The van der Waals surface area contributed by atoms with E-state index in [9.17, 15) is 0 Å². The summed E-state index contributed by atoms with van der Waals surface area (Å²) in [6.45, 7) is 2.17. The Morgan fingerprint density at radius 1 is 0.923 bits per heavy atom. The SMILES string of the molecule is CC(=O)O.CC(=O)O.O.O.[O]=[U]=[O]. The van der Waals surface area contributed by atoms with Gasteiger partial charge < -0.3 is 21.2 Å². The second-order valence-corrected chi connectivity index (χ2v) is 1.82. The fraction of sp³-hybridized carbons (Fsp3) is 0.500. The van der Waals surface area contributed by atoms with Crippen molar-refractivity contribution in [3.05, 3.63) is 0 Å². The van der Waals surface area contributed by atoms with Crippen LogP contribution >= 0.6 is 0 Å². The van der Waals surface area contributed by atoms with Crippen LogP contribution in [-0.2, 0) is 14.1 Å². The maximum absolute atomic E-state index is 9.00. The molecule has 0 radical (unpaired) electrons. The summed E-state index contributed by atoms with van der Waals surface area (Å²) in [5.74, 6) is -1.67. The van der Waals surface area contributed by atoms with Gasteiger partial charge >= 0.3 is 32.3 Å². The molecule has 6 N–H and O–H groups in total. The zero-order valence-corrected chi connectivity index (χ0v) is 11.2. The molecule has 0 atom stereocenters. The van der Waals surface area contributed by atoms with Crippen LogP contribution in [0.15, 0.2) is 0 Å². The van der Waals surface area contributed by atoms with Gasteiger partial charge in [0.1, 0.15) is 0 Å². The summed E-state index contributed by atoms with van der Waals surface area (Å²) in [4.78, 5) is 18.0. The van der Waals surface area contributed by atoms with Crippen LogP contribution in [0.5, 0.6) is 0 Å². The van der Waals surface area contributed by atoms with Crippen LogP contribution in [0.4, 0.5) is 0 Å². The van der Waals surface area contributed by atoms with Crippen LogP contribution in [0.1, 0.15) is 13.8 Å². The Morgan fingerprint density at radius 3 is 0.923 bits per heavy atom. The molecule has 13 heavy (non-hydrogen) atoms. The Labute approximate surface area is 88.8 Å². The summed E-state index contributed by atoms with van der Waals surface area (Å²) < 4.78 is 17.2. The summed E-state index contributed by atoms with van der Waals surface area (Å²) in [5, 5.41) is 14.8. The van der Waals surface area contributed by atoms with Gasteiger partial charge in [-0.3, -0.25) is 9.59 Å². The standard InChI is InChI=1S/2C2H4O2.2H2O.2O.U/c2*1-2(3)4;;;;;/h2*1H3,(H,3,4);2*1H2;;;. The van der Waals surface area contributed by atoms with E-state index >= 15 is 0 Å². The molecular formula is C4H12O8U. The van der Waals surface area contributed by atoms with Crippen LogP contribution in [-0.4, -0.2) is 33.1 Å². The number of rotatable bonds is 0. The average Bonchev–Trinajstić information content (AvgIpc) is 1.60. The van der Waals surface area contributed by atoms with Crippen molar-refractivity contribution in [2.75, 3.05) is 0 Å². The van der Waals surface area contributed by atoms with Gasteiger partial charge in [-0.2, -0.15) is 0 Å². The number of carbonyl (C=O) groups is 2. The van der Waals surface area contributed by atoms with Gasteiger partial charge in [-0.15, -0.1) is 0 Å². The third kappa shape index (κ3) is 4370. The number of carboxylic acid groups (broad SMARTS) is 2. The molecule has 0 aromatic carbocycles. The molecule has 0 aliphatic heterocycles. The molecule has 80 valence electrons. The predicted octanol–water partition coefficient (Wildman–Crippen LogP) is -1.71. The topological polar surface area (TPSA) is 172 Å². The van der Waals surface area contributed by atoms with Crippen LogP contribution in [0.3, 0.4) is 0 Å². The van der Waals surface area contributed by atoms with Crippen molar-refractivity contribution in [1.82, 2.24) is 0 Å². The number of carboxylic acids is 2. The average molecular weight is 426 g/mol. The van der Waals surface area contributed by atoms with E-state index in [1.807, 2.05) is 0 Å². The van der Waals surface area contributed by atoms with Crippen molar-refractivity contribution in [2.45, 2.75) is 13.8 Å². The fourth-order valence-electron chi connectivity index (χ4n) is 0. The molecule has 0 saturated heterocycles. The summed E-state index contributed by atoms with van der Waals surface area (Å²) in [5.41, 5.74) is 0. The molecule has 0 saturated carbocycles. The van der Waals surface area contributed by atoms with Gasteiger partial charge in [0.2, 0.25) is 0 Å². The van der Waals surface area contributed by atoms with Gasteiger partial charge in [-0.25, -0.2) is 0 Å². The third-order valence-electron chi connectivity index (χ3n) is 0. The van der Waals surface area contributed by atoms with Crippen molar-refractivity contribution in [2.24, 2.45) is 0 Å². The van der Waals surface area contributed by atoms with E-state index in [0.717, 1.165) is 13.8 Å². The van der Waals surface area contributed by atoms with Crippen LogP contribution in [0, 0.1) is 27.8 Å². The molecule has 0 aliphatic carbocycles. The van der Waals surface area contributed by atoms with E-state index in [-0.39, 0.29) is 11.0 Å². The third-order valence-corrected chi connectivity index (χ3v) is 0. The fourth-order valence-corrected chi connectivity index (χ4v) is 0. The summed E-state index contributed by atoms with van der Waals surface area (Å²) >= 11 is -2.51. The minimum atomic E-state index is -2.51. The van der Waals surface area contributed by atoms with Crippen LogP contribution in [0.2, 0.25) is 0 Å². The van der Waals surface area contributed by atoms with E-state index in [1.165, 1.54) is 0 Å². The van der Waals surface area contributed by atoms with Gasteiger partial charge in [0.25, 0.3) is 11.9 Å². The molecule has 8 nitrogen and oxygen atoms in total. The zero-order valence-electron chi connectivity index (χ0n) is 7.03. The first kappa shape index (κ1) is 29.4. The second kappa shape index (κ2) is 30.0. The molecule has 0 aromatic rings. The summed E-state index contributed by atoms with van der Waals surface area (Å²) in [6.07, 6.45) is 0. The monoisotopic (exact) mass is 426 g/mol. The Hall–Kier alpha value is -0.488. The van der Waals surface area contributed by atoms with Crippen molar-refractivity contribution in [3.8, 4) is 0 Å². The van der Waals surface area contributed by atoms with Gasteiger partial charge in [-0.05, 0) is 0 Å². The van der Waals surface area contributed by atoms with E-state index in [2.05, 4.69) is 0 Å². The number of aliphatic carboxylic acids is 2. The predicted molar refractivity (Wildman–Crippen MR) is 35.2 cm³/mol. The second-order valence-electron chi connectivity index (χ2n) is 1.12. The molecular weight excluding hydrogens is 414 g/mol. The van der Waals surface area contributed by atoms with Gasteiger partial charge in [0, 0.05) is 13.8 Å². The summed E-state index contributed by atoms with van der Waals surface area (Å²) in [7, 11) is 0. The van der Waals surface area contributed by atoms with Crippen molar-refractivity contribution >= 4 is 11.9 Å². The van der Waals surface area contributed by atoms with Crippen molar-refractivity contribution in [3.63, 3.8) is 0 Å². The number of hydrogen-bond donors (Lipinski definition) is 2. The van der Waals surface area contributed by atoms with E-state index in [0.29, 0.717) is 0 Å². The van der Waals surface area contributed by atoms with Crippen molar-refractivity contribution < 1.29 is 63.0 Å². The molecule has 0 fully saturated rings. The first-order valence-electron chi connectivity index (χ1n) is 2.26. The Morgan fingerprint density at radius 2 is 0.923 bits per heavy atom. The molecule has 0 amide bonds. The Balaban J connectivity index is -0.0000000231. The molecule has 9 heteroatoms. The quantitative estimate of drug-likeness (QED) is 0.467. The Kier molecular flexibility index (Phi) is 67.8. The first-order chi connectivity index (χ1) is 4.88. The molecule has 0 aliphatic rings. The van der Waals surface area contributed by atoms with E-state index in [1.54, 1.807) is 0 Å². The Bertz CT molecular complexity index is 128. The molecule has 0 spiro atoms. The van der Waals surface area contributed by atoms with Gasteiger partial charge in [0.05, 0.1) is 0 Å². The van der Waals surface area contributed by atoms with Crippen molar-refractivity contribution in [1.29, 1.82) is 0 Å². The van der Waals surface area contributed by atoms with Crippen LogP contribution in [0.25, 0.3) is 0 Å². The van der Waals surface area contributed by atoms with E-state index in [4.69, 9.17) is 24.3 Å². The number of hydrogen-bond acceptors (Lipinski definition) is 4. The zero-order chi connectivity index (χ0) is 9.86. The molecule has 0 heterocycles. The molecule has 0 unspecified atom stereocenters. The van der Waals surface area contributed by atoms with Gasteiger partial charge in [0.15, 0.2) is 0 Å². The minimum absolute atomic E-state index is 0. The van der Waals surface area contributed by atoms with E-state index < -0.39 is 39.8 Å². The van der Waals surface area contributed by atoms with Crippen LogP contribution < -0.4 is 0 Å². The summed E-state index contributed by atoms with van der Waals surface area (Å²) in [6, 6.07) is 0. The first-order valence-corrected chi connectivity index (χ1v) is 5.66. The molecule has 0 bridgehead atoms. The maximum atomic E-state index is 9.00. The van der Waals surface area contributed by atoms with Gasteiger partial charge in [-0.1, -0.05) is 0 Å².